The quantitative estimate of drug-likeness (QED) is 0.290. The fourth-order valence-corrected chi connectivity index (χ4v) is 3.00. The minimum absolute atomic E-state index is 0.133. The zero-order valence-corrected chi connectivity index (χ0v) is 18.9. The maximum atomic E-state index is 14.4. The van der Waals surface area contributed by atoms with Gasteiger partial charge in [0.1, 0.15) is 0 Å². The topological polar surface area (TPSA) is 125 Å². The summed E-state index contributed by atoms with van der Waals surface area (Å²) in [5, 5.41) is 2.21. The highest BCUT2D eigenvalue weighted by molar-refractivity contribution is 7.86. The SMILES string of the molecule is CCOC(=O)C(C/C=C(\COS(C)(=O)=O)c1cccc(F)c1F)(NC(C)=O)C(=O)OCC. The first-order chi connectivity index (χ1) is 14.9. The summed E-state index contributed by atoms with van der Waals surface area (Å²) < 4.78 is 65.5. The van der Waals surface area contributed by atoms with Gasteiger partial charge in [-0.15, -0.1) is 0 Å². The van der Waals surface area contributed by atoms with E-state index in [1.807, 2.05) is 0 Å². The van der Waals surface area contributed by atoms with E-state index in [4.69, 9.17) is 13.7 Å². The molecule has 178 valence electrons. The van der Waals surface area contributed by atoms with E-state index in [0.717, 1.165) is 31.4 Å². The highest BCUT2D eigenvalue weighted by Crippen LogP contribution is 2.25. The van der Waals surface area contributed by atoms with Crippen LogP contribution < -0.4 is 5.32 Å². The number of rotatable bonds is 11. The zero-order chi connectivity index (χ0) is 24.5. The molecule has 0 bridgehead atoms. The third kappa shape index (κ3) is 7.38. The van der Waals surface area contributed by atoms with Crippen molar-refractivity contribution in [2.24, 2.45) is 0 Å². The Morgan fingerprint density at radius 3 is 2.12 bits per heavy atom. The molecule has 0 saturated carbocycles. The first kappa shape index (κ1) is 27.2. The van der Waals surface area contributed by atoms with Crippen molar-refractivity contribution in [1.82, 2.24) is 5.32 Å². The molecule has 0 saturated heterocycles. The van der Waals surface area contributed by atoms with Crippen molar-refractivity contribution in [3.63, 3.8) is 0 Å². The van der Waals surface area contributed by atoms with Crippen LogP contribution in [0.1, 0.15) is 32.8 Å². The number of amides is 1. The normalized spacial score (nSPS) is 12.2. The molecule has 1 rings (SSSR count). The largest absolute Gasteiger partial charge is 0.464 e. The average molecular weight is 477 g/mol. The Balaban J connectivity index is 3.60. The summed E-state index contributed by atoms with van der Waals surface area (Å²) in [6.45, 7) is 3.01. The molecule has 0 heterocycles. The predicted molar refractivity (Wildman–Crippen MR) is 110 cm³/mol. The molecule has 12 heteroatoms. The third-order valence-electron chi connectivity index (χ3n) is 4.02. The van der Waals surface area contributed by atoms with E-state index in [2.05, 4.69) is 5.32 Å². The number of hydrogen-bond donors (Lipinski definition) is 1. The lowest BCUT2D eigenvalue weighted by Crippen LogP contribution is -2.60. The molecule has 0 unspecified atom stereocenters. The maximum absolute atomic E-state index is 14.4. The number of benzene rings is 1. The summed E-state index contributed by atoms with van der Waals surface area (Å²) >= 11 is 0. The van der Waals surface area contributed by atoms with Crippen LogP contribution in [0.25, 0.3) is 5.57 Å². The summed E-state index contributed by atoms with van der Waals surface area (Å²) in [5.41, 5.74) is -2.91. The fraction of sp³-hybridized carbons (Fsp3) is 0.450. The van der Waals surface area contributed by atoms with Crippen LogP contribution in [0.15, 0.2) is 24.3 Å². The molecular formula is C20H25F2NO8S. The van der Waals surface area contributed by atoms with Gasteiger partial charge in [0.05, 0.1) is 26.1 Å². The van der Waals surface area contributed by atoms with Gasteiger partial charge in [0.2, 0.25) is 11.4 Å². The predicted octanol–water partition coefficient (Wildman–Crippen LogP) is 1.72. The summed E-state index contributed by atoms with van der Waals surface area (Å²) in [5.74, 6) is -5.57. The maximum Gasteiger partial charge on any atom is 0.344 e. The van der Waals surface area contributed by atoms with Crippen LogP contribution in [0.3, 0.4) is 0 Å². The Labute approximate surface area is 184 Å². The van der Waals surface area contributed by atoms with E-state index < -0.39 is 58.2 Å². The van der Waals surface area contributed by atoms with Crippen LogP contribution in [0.5, 0.6) is 0 Å². The first-order valence-electron chi connectivity index (χ1n) is 9.49. The first-order valence-corrected chi connectivity index (χ1v) is 11.3. The van der Waals surface area contributed by atoms with Gasteiger partial charge in [0, 0.05) is 18.9 Å². The molecule has 0 aliphatic heterocycles. The van der Waals surface area contributed by atoms with E-state index in [1.54, 1.807) is 0 Å². The Hall–Kier alpha value is -2.86. The van der Waals surface area contributed by atoms with Gasteiger partial charge in [-0.05, 0) is 25.5 Å². The lowest BCUT2D eigenvalue weighted by atomic mass is 9.92. The summed E-state index contributed by atoms with van der Waals surface area (Å²) in [6.07, 6.45) is 1.21. The van der Waals surface area contributed by atoms with Crippen molar-refractivity contribution < 1.29 is 45.2 Å². The number of esters is 2. The van der Waals surface area contributed by atoms with Gasteiger partial charge < -0.3 is 14.8 Å². The lowest BCUT2D eigenvalue weighted by molar-refractivity contribution is -0.167. The van der Waals surface area contributed by atoms with Crippen molar-refractivity contribution in [3.05, 3.63) is 41.5 Å². The van der Waals surface area contributed by atoms with Crippen LogP contribution in [-0.4, -0.2) is 57.9 Å². The second-order valence-corrected chi connectivity index (χ2v) is 8.17. The minimum atomic E-state index is -3.98. The van der Waals surface area contributed by atoms with E-state index >= 15 is 0 Å². The molecule has 0 radical (unpaired) electrons. The Morgan fingerprint density at radius 1 is 1.09 bits per heavy atom. The Bertz CT molecular complexity index is 973. The molecule has 0 atom stereocenters. The van der Waals surface area contributed by atoms with E-state index in [9.17, 15) is 31.6 Å². The van der Waals surface area contributed by atoms with Crippen LogP contribution in [0.2, 0.25) is 0 Å². The summed E-state index contributed by atoms with van der Waals surface area (Å²) in [6, 6.07) is 3.19. The average Bonchev–Trinajstić information content (AvgIpc) is 2.68. The molecular weight excluding hydrogens is 452 g/mol. The van der Waals surface area contributed by atoms with Crippen molar-refractivity contribution in [2.75, 3.05) is 26.1 Å². The van der Waals surface area contributed by atoms with E-state index in [0.29, 0.717) is 0 Å². The molecule has 1 aromatic carbocycles. The van der Waals surface area contributed by atoms with Crippen molar-refractivity contribution in [3.8, 4) is 0 Å². The van der Waals surface area contributed by atoms with Crippen molar-refractivity contribution in [2.45, 2.75) is 32.7 Å². The number of carbonyl (C=O) groups excluding carboxylic acids is 3. The van der Waals surface area contributed by atoms with Crippen LogP contribution in [0, 0.1) is 11.6 Å². The summed E-state index contributed by atoms with van der Waals surface area (Å²) in [7, 11) is -3.98. The lowest BCUT2D eigenvalue weighted by Gasteiger charge is -2.29. The number of ether oxygens (including phenoxy) is 2. The van der Waals surface area contributed by atoms with E-state index in [-0.39, 0.29) is 24.4 Å². The monoisotopic (exact) mass is 477 g/mol. The number of halogens is 2. The molecule has 0 spiro atoms. The molecule has 0 aliphatic carbocycles. The smallest absolute Gasteiger partial charge is 0.344 e. The third-order valence-corrected chi connectivity index (χ3v) is 4.56. The molecule has 1 N–H and O–H groups in total. The second kappa shape index (κ2) is 11.7. The van der Waals surface area contributed by atoms with Crippen molar-refractivity contribution in [1.29, 1.82) is 0 Å². The zero-order valence-electron chi connectivity index (χ0n) is 18.1. The van der Waals surface area contributed by atoms with Crippen LogP contribution >= 0.6 is 0 Å². The van der Waals surface area contributed by atoms with Gasteiger partial charge >= 0.3 is 11.9 Å². The van der Waals surface area contributed by atoms with E-state index in [1.165, 1.54) is 19.9 Å². The summed E-state index contributed by atoms with van der Waals surface area (Å²) in [4.78, 5) is 37.1. The van der Waals surface area contributed by atoms with Gasteiger partial charge in [0.15, 0.2) is 11.6 Å². The fourth-order valence-electron chi connectivity index (χ4n) is 2.66. The molecule has 32 heavy (non-hydrogen) atoms. The molecule has 9 nitrogen and oxygen atoms in total. The van der Waals surface area contributed by atoms with Gasteiger partial charge in [-0.3, -0.25) is 8.98 Å². The van der Waals surface area contributed by atoms with Gasteiger partial charge in [-0.25, -0.2) is 18.4 Å². The molecule has 0 fully saturated rings. The van der Waals surface area contributed by atoms with Crippen molar-refractivity contribution >= 4 is 33.5 Å². The molecule has 0 aromatic heterocycles. The molecule has 1 amide bonds. The van der Waals surface area contributed by atoms with Crippen LogP contribution in [0.4, 0.5) is 8.78 Å². The Morgan fingerprint density at radius 2 is 1.66 bits per heavy atom. The van der Waals surface area contributed by atoms with Crippen LogP contribution in [-0.2, 0) is 38.2 Å². The minimum Gasteiger partial charge on any atom is -0.464 e. The highest BCUT2D eigenvalue weighted by atomic mass is 32.2. The van der Waals surface area contributed by atoms with Gasteiger partial charge in [-0.2, -0.15) is 8.42 Å². The number of nitrogens with one attached hydrogen (secondary N) is 1. The van der Waals surface area contributed by atoms with Gasteiger partial charge in [0.25, 0.3) is 10.1 Å². The molecule has 0 aliphatic rings. The highest BCUT2D eigenvalue weighted by Gasteiger charge is 2.49. The second-order valence-electron chi connectivity index (χ2n) is 6.53. The Kier molecular flexibility index (Phi) is 9.91. The van der Waals surface area contributed by atoms with Gasteiger partial charge in [-0.1, -0.05) is 18.2 Å². The number of carbonyl (C=O) groups is 3. The molecule has 1 aromatic rings. The number of hydrogen-bond acceptors (Lipinski definition) is 8. The standard InChI is InChI=1S/C20H25F2NO8S/c1-5-29-18(25)20(23-13(3)24,19(26)30-6-2)11-10-14(12-31-32(4,27)28)15-8-7-9-16(21)17(15)22/h7-10H,5-6,11-12H2,1-4H3,(H,23,24)/b14-10+.